The van der Waals surface area contributed by atoms with Gasteiger partial charge in [-0.05, 0) is 27.6 Å². The van der Waals surface area contributed by atoms with Gasteiger partial charge in [0.05, 0.1) is 1.37 Å². The third-order valence-electron chi connectivity index (χ3n) is 1.79. The second-order valence-electron chi connectivity index (χ2n) is 2.63. The van der Waals surface area contributed by atoms with Crippen LogP contribution in [0.25, 0.3) is 11.1 Å². The van der Waals surface area contributed by atoms with E-state index < -0.39 is 0 Å². The molecule has 2 aromatic rings. The van der Waals surface area contributed by atoms with E-state index in [4.69, 9.17) is 1.37 Å². The maximum Gasteiger partial charge on any atom is 0.113 e. The van der Waals surface area contributed by atoms with Crippen LogP contribution < -0.4 is 0 Å². The van der Waals surface area contributed by atoms with Crippen LogP contribution in [-0.4, -0.2) is 4.98 Å². The molecule has 0 amide bonds. The highest BCUT2D eigenvalue weighted by molar-refractivity contribution is 9.10. The topological polar surface area (TPSA) is 12.9 Å². The molecule has 0 unspecified atom stereocenters. The summed E-state index contributed by atoms with van der Waals surface area (Å²) in [5.74, 6) is 0. The van der Waals surface area contributed by atoms with E-state index in [1.54, 1.807) is 18.3 Å². The minimum Gasteiger partial charge on any atom is -0.249 e. The Morgan fingerprint density at radius 1 is 1.15 bits per heavy atom. The van der Waals surface area contributed by atoms with Gasteiger partial charge in [0, 0.05) is 11.8 Å². The molecule has 2 rings (SSSR count). The summed E-state index contributed by atoms with van der Waals surface area (Å²) in [5, 5.41) is 0. The van der Waals surface area contributed by atoms with Gasteiger partial charge in [0.15, 0.2) is 0 Å². The Morgan fingerprint density at radius 2 is 1.92 bits per heavy atom. The molecule has 1 heterocycles. The second-order valence-corrected chi connectivity index (χ2v) is 3.38. The lowest BCUT2D eigenvalue weighted by Gasteiger charge is -2.01. The first kappa shape index (κ1) is 7.27. The lowest BCUT2D eigenvalue weighted by Crippen LogP contribution is -1.81. The number of pyridine rings is 1. The highest BCUT2D eigenvalue weighted by Gasteiger charge is 2.00. The number of hydrogen-bond acceptors (Lipinski definition) is 1. The summed E-state index contributed by atoms with van der Waals surface area (Å²) >= 11 is 3.39. The third-order valence-corrected chi connectivity index (χ3v) is 2.42. The quantitative estimate of drug-likeness (QED) is 0.689. The molecule has 0 aliphatic heterocycles. The molecule has 13 heavy (non-hydrogen) atoms. The Bertz CT molecular complexity index is 439. The van der Waals surface area contributed by atoms with Gasteiger partial charge in [-0.2, -0.15) is 0 Å². The van der Waals surface area contributed by atoms with Crippen LogP contribution in [0.2, 0.25) is 0 Å². The number of aromatic nitrogens is 1. The number of nitrogens with zero attached hydrogens (tertiary/aromatic N) is 1. The lowest BCUT2D eigenvalue weighted by molar-refractivity contribution is 1.28. The molecule has 0 fully saturated rings. The van der Waals surface area contributed by atoms with Gasteiger partial charge in [-0.1, -0.05) is 36.4 Å². The maximum absolute atomic E-state index is 7.38. The predicted octanol–water partition coefficient (Wildman–Crippen LogP) is 3.51. The fourth-order valence-corrected chi connectivity index (χ4v) is 1.65. The summed E-state index contributed by atoms with van der Waals surface area (Å²) in [7, 11) is 0. The Kier molecular flexibility index (Phi) is 2.07. The largest absolute Gasteiger partial charge is 0.249 e. The van der Waals surface area contributed by atoms with Crippen molar-refractivity contribution in [1.82, 2.24) is 4.98 Å². The Labute approximate surface area is 87.0 Å². The molecule has 0 aliphatic rings. The number of hydrogen-bond donors (Lipinski definition) is 0. The van der Waals surface area contributed by atoms with Crippen LogP contribution in [0, 0.1) is 0 Å². The molecule has 0 saturated carbocycles. The minimum atomic E-state index is 0.522. The lowest BCUT2D eigenvalue weighted by atomic mass is 10.1. The van der Waals surface area contributed by atoms with E-state index in [1.807, 2.05) is 24.3 Å². The van der Waals surface area contributed by atoms with Crippen molar-refractivity contribution in [2.45, 2.75) is 0 Å². The van der Waals surface area contributed by atoms with Crippen molar-refractivity contribution in [2.24, 2.45) is 0 Å². The van der Waals surface area contributed by atoms with Crippen LogP contribution in [-0.2, 0) is 0 Å². The van der Waals surface area contributed by atoms with E-state index >= 15 is 0 Å². The summed E-state index contributed by atoms with van der Waals surface area (Å²) in [6.07, 6.45) is 1.74. The zero-order chi connectivity index (χ0) is 9.97. The van der Waals surface area contributed by atoms with Crippen molar-refractivity contribution >= 4 is 15.9 Å². The molecule has 0 aliphatic carbocycles. The fraction of sp³-hybridized carbons (Fsp3) is 0. The predicted molar refractivity (Wildman–Crippen MR) is 57.4 cm³/mol. The van der Waals surface area contributed by atoms with Crippen molar-refractivity contribution in [3.8, 4) is 11.1 Å². The fourth-order valence-electron chi connectivity index (χ4n) is 1.17. The Balaban J connectivity index is 2.50. The van der Waals surface area contributed by atoms with Crippen LogP contribution in [0.5, 0.6) is 0 Å². The molecule has 1 aromatic carbocycles. The van der Waals surface area contributed by atoms with Crippen LogP contribution in [0.15, 0.2) is 53.2 Å². The highest BCUT2D eigenvalue weighted by Crippen LogP contribution is 2.25. The zero-order valence-electron chi connectivity index (χ0n) is 7.87. The molecule has 1 nitrogen and oxygen atoms in total. The molecule has 0 N–H and O–H groups in total. The van der Waals surface area contributed by atoms with E-state index in [0.717, 1.165) is 15.7 Å². The normalized spacial score (nSPS) is 11.0. The van der Waals surface area contributed by atoms with Gasteiger partial charge in [0.2, 0.25) is 0 Å². The van der Waals surface area contributed by atoms with Crippen LogP contribution in [0.4, 0.5) is 0 Å². The molecular weight excluding hydrogens is 226 g/mol. The van der Waals surface area contributed by atoms with Gasteiger partial charge in [-0.15, -0.1) is 0 Å². The molecule has 0 saturated heterocycles. The molecule has 0 radical (unpaired) electrons. The van der Waals surface area contributed by atoms with E-state index in [1.165, 1.54) is 0 Å². The highest BCUT2D eigenvalue weighted by atomic mass is 79.9. The van der Waals surface area contributed by atoms with Crippen LogP contribution in [0.1, 0.15) is 1.37 Å². The third kappa shape index (κ3) is 1.78. The SMILES string of the molecule is [2H]c1ccc(-c2cccnc2Br)cc1. The summed E-state index contributed by atoms with van der Waals surface area (Å²) in [6.45, 7) is 0. The van der Waals surface area contributed by atoms with E-state index in [9.17, 15) is 0 Å². The molecule has 0 bridgehead atoms. The average molecular weight is 235 g/mol. The molecule has 1 aromatic heterocycles. The van der Waals surface area contributed by atoms with Crippen molar-refractivity contribution in [1.29, 1.82) is 0 Å². The average Bonchev–Trinajstić information content (AvgIpc) is 2.20. The monoisotopic (exact) mass is 234 g/mol. The van der Waals surface area contributed by atoms with Crippen molar-refractivity contribution < 1.29 is 1.37 Å². The molecule has 0 atom stereocenters. The van der Waals surface area contributed by atoms with Crippen molar-refractivity contribution in [3.63, 3.8) is 0 Å². The van der Waals surface area contributed by atoms with Gasteiger partial charge >= 0.3 is 0 Å². The molecule has 2 heteroatoms. The van der Waals surface area contributed by atoms with E-state index in [0.29, 0.717) is 6.04 Å². The zero-order valence-corrected chi connectivity index (χ0v) is 8.45. The standard InChI is InChI=1S/C11H8BrN/c12-11-10(7-4-8-13-11)9-5-2-1-3-6-9/h1-8H/i1D. The Hall–Kier alpha value is -1.15. The van der Waals surface area contributed by atoms with Gasteiger partial charge < -0.3 is 0 Å². The number of benzene rings is 1. The number of rotatable bonds is 1. The van der Waals surface area contributed by atoms with Gasteiger partial charge in [0.1, 0.15) is 4.60 Å². The first-order valence-electron chi connectivity index (χ1n) is 4.45. The van der Waals surface area contributed by atoms with E-state index in [2.05, 4.69) is 20.9 Å². The van der Waals surface area contributed by atoms with Gasteiger partial charge in [-0.3, -0.25) is 0 Å². The van der Waals surface area contributed by atoms with Gasteiger partial charge in [-0.25, -0.2) is 4.98 Å². The smallest absolute Gasteiger partial charge is 0.113 e. The van der Waals surface area contributed by atoms with Crippen molar-refractivity contribution in [2.75, 3.05) is 0 Å². The van der Waals surface area contributed by atoms with E-state index in [-0.39, 0.29) is 0 Å². The first-order chi connectivity index (χ1) is 6.77. The molecule has 64 valence electrons. The van der Waals surface area contributed by atoms with Gasteiger partial charge in [0.25, 0.3) is 0 Å². The second kappa shape index (κ2) is 3.71. The number of halogens is 1. The Morgan fingerprint density at radius 3 is 2.62 bits per heavy atom. The summed E-state index contributed by atoms with van der Waals surface area (Å²) in [5.41, 5.74) is 2.12. The first-order valence-corrected chi connectivity index (χ1v) is 4.74. The summed E-state index contributed by atoms with van der Waals surface area (Å²) in [6, 6.07) is 11.8. The minimum absolute atomic E-state index is 0.522. The maximum atomic E-state index is 7.38. The summed E-state index contributed by atoms with van der Waals surface area (Å²) in [4.78, 5) is 4.15. The summed E-state index contributed by atoms with van der Waals surface area (Å²) < 4.78 is 8.21. The molecule has 0 spiro atoms. The van der Waals surface area contributed by atoms with Crippen molar-refractivity contribution in [3.05, 3.63) is 53.2 Å². The van der Waals surface area contributed by atoms with Crippen LogP contribution in [0.3, 0.4) is 0 Å². The van der Waals surface area contributed by atoms with Crippen LogP contribution >= 0.6 is 15.9 Å². The molecular formula is C11H8BrN.